The van der Waals surface area contributed by atoms with E-state index in [1.165, 1.54) is 30.0 Å². The van der Waals surface area contributed by atoms with Crippen molar-refractivity contribution in [3.8, 4) is 29.1 Å². The number of hydrogen-bond donors (Lipinski definition) is 2. The second kappa shape index (κ2) is 6.96. The van der Waals surface area contributed by atoms with Gasteiger partial charge < -0.3 is 14.6 Å². The molecular weight excluding hydrogens is 375 g/mol. The number of methoxy groups -OCH3 is 1. The fraction of sp³-hybridized carbons (Fsp3) is 0.143. The van der Waals surface area contributed by atoms with Gasteiger partial charge in [0.1, 0.15) is 11.9 Å². The van der Waals surface area contributed by atoms with Crippen LogP contribution in [-0.2, 0) is 0 Å². The third-order valence-electron chi connectivity index (χ3n) is 4.72. The quantitative estimate of drug-likeness (QED) is 0.710. The van der Waals surface area contributed by atoms with Crippen molar-refractivity contribution in [3.63, 3.8) is 0 Å². The summed E-state index contributed by atoms with van der Waals surface area (Å²) < 4.78 is 25.9. The summed E-state index contributed by atoms with van der Waals surface area (Å²) in [6, 6.07) is 12.7. The first-order valence-electron chi connectivity index (χ1n) is 8.74. The van der Waals surface area contributed by atoms with Crippen LogP contribution in [0.2, 0.25) is 0 Å². The Morgan fingerprint density at radius 2 is 2.00 bits per heavy atom. The Balaban J connectivity index is 1.97. The average molecular weight is 392 g/mol. The van der Waals surface area contributed by atoms with Crippen LogP contribution in [0.5, 0.6) is 17.4 Å². The molecule has 1 unspecified atom stereocenters. The largest absolute Gasteiger partial charge is 0.504 e. The van der Waals surface area contributed by atoms with E-state index in [0.29, 0.717) is 34.0 Å². The maximum absolute atomic E-state index is 13.3. The fourth-order valence-electron chi connectivity index (χ4n) is 3.37. The zero-order chi connectivity index (χ0) is 20.7. The molecule has 8 heteroatoms. The number of benzene rings is 2. The van der Waals surface area contributed by atoms with Crippen LogP contribution in [0.3, 0.4) is 0 Å². The standard InChI is InChI=1S/C21H17FN4O3/c1-11-18-19(12-3-8-16(27)17(9-12)28-2)15(10-23)20(24)29-21(18)26(25-11)14-6-4-13(22)5-7-14/h3-9,20,27H,24H2,1-2H3. The molecule has 29 heavy (non-hydrogen) atoms. The third-order valence-corrected chi connectivity index (χ3v) is 4.72. The highest BCUT2D eigenvalue weighted by Crippen LogP contribution is 2.43. The lowest BCUT2D eigenvalue weighted by molar-refractivity contribution is 0.228. The molecule has 0 bridgehead atoms. The highest BCUT2D eigenvalue weighted by Gasteiger charge is 2.33. The van der Waals surface area contributed by atoms with Gasteiger partial charge in [-0.1, -0.05) is 6.07 Å². The van der Waals surface area contributed by atoms with Crippen LogP contribution in [0.1, 0.15) is 16.8 Å². The van der Waals surface area contributed by atoms with Gasteiger partial charge in [0.2, 0.25) is 5.88 Å². The van der Waals surface area contributed by atoms with Gasteiger partial charge in [0.25, 0.3) is 0 Å². The van der Waals surface area contributed by atoms with E-state index >= 15 is 0 Å². The number of aryl methyl sites for hydroxylation is 1. The molecular formula is C21H17FN4O3. The first-order valence-corrected chi connectivity index (χ1v) is 8.74. The number of aromatic nitrogens is 2. The molecule has 4 rings (SSSR count). The maximum atomic E-state index is 13.3. The number of nitriles is 1. The molecule has 7 nitrogen and oxygen atoms in total. The van der Waals surface area contributed by atoms with Crippen molar-refractivity contribution in [3.05, 3.63) is 70.7 Å². The smallest absolute Gasteiger partial charge is 0.226 e. The molecule has 0 spiro atoms. The molecule has 0 amide bonds. The second-order valence-corrected chi connectivity index (χ2v) is 6.48. The fourth-order valence-corrected chi connectivity index (χ4v) is 3.37. The van der Waals surface area contributed by atoms with Gasteiger partial charge in [0, 0.05) is 5.57 Å². The maximum Gasteiger partial charge on any atom is 0.226 e. The molecule has 0 saturated carbocycles. The van der Waals surface area contributed by atoms with Gasteiger partial charge in [-0.25, -0.2) is 9.07 Å². The zero-order valence-electron chi connectivity index (χ0n) is 15.7. The number of halogens is 1. The highest BCUT2D eigenvalue weighted by atomic mass is 19.1. The number of ether oxygens (including phenoxy) is 2. The van der Waals surface area contributed by atoms with Crippen molar-refractivity contribution in [2.24, 2.45) is 5.73 Å². The van der Waals surface area contributed by atoms with E-state index in [1.54, 1.807) is 31.2 Å². The van der Waals surface area contributed by atoms with Crippen LogP contribution in [-0.4, -0.2) is 28.2 Å². The lowest BCUT2D eigenvalue weighted by Crippen LogP contribution is -2.33. The Bertz CT molecular complexity index is 1180. The van der Waals surface area contributed by atoms with E-state index in [4.69, 9.17) is 15.2 Å². The van der Waals surface area contributed by atoms with Crippen LogP contribution in [0, 0.1) is 24.1 Å². The normalized spacial score (nSPS) is 15.5. The van der Waals surface area contributed by atoms with Crippen LogP contribution in [0.15, 0.2) is 48.0 Å². The van der Waals surface area contributed by atoms with E-state index in [0.717, 1.165) is 0 Å². The van der Waals surface area contributed by atoms with Crippen LogP contribution < -0.4 is 15.2 Å². The molecule has 146 valence electrons. The van der Waals surface area contributed by atoms with Gasteiger partial charge >= 0.3 is 0 Å². The molecule has 2 heterocycles. The predicted octanol–water partition coefficient (Wildman–Crippen LogP) is 3.04. The lowest BCUT2D eigenvalue weighted by atomic mass is 9.91. The van der Waals surface area contributed by atoms with Crippen molar-refractivity contribution in [2.45, 2.75) is 13.2 Å². The molecule has 0 saturated heterocycles. The summed E-state index contributed by atoms with van der Waals surface area (Å²) in [6.07, 6.45) is -1.02. The van der Waals surface area contributed by atoms with Crippen molar-refractivity contribution in [1.29, 1.82) is 5.26 Å². The van der Waals surface area contributed by atoms with Gasteiger partial charge in [0.15, 0.2) is 17.7 Å². The summed E-state index contributed by atoms with van der Waals surface area (Å²) in [5.41, 5.74) is 9.32. The van der Waals surface area contributed by atoms with E-state index in [9.17, 15) is 14.8 Å². The monoisotopic (exact) mass is 392 g/mol. The van der Waals surface area contributed by atoms with Gasteiger partial charge in [-0.3, -0.25) is 5.73 Å². The molecule has 0 aliphatic carbocycles. The van der Waals surface area contributed by atoms with Crippen molar-refractivity contribution in [2.75, 3.05) is 7.11 Å². The topological polar surface area (TPSA) is 106 Å². The molecule has 0 fully saturated rings. The molecule has 3 N–H and O–H groups in total. The summed E-state index contributed by atoms with van der Waals surface area (Å²) in [5.74, 6) is 0.221. The number of aromatic hydroxyl groups is 1. The molecule has 0 radical (unpaired) electrons. The van der Waals surface area contributed by atoms with Gasteiger partial charge in [0.05, 0.1) is 29.6 Å². The van der Waals surface area contributed by atoms with Gasteiger partial charge in [-0.05, 0) is 48.9 Å². The highest BCUT2D eigenvalue weighted by molar-refractivity contribution is 5.89. The minimum atomic E-state index is -1.02. The Hall–Kier alpha value is -3.83. The number of fused-ring (bicyclic) bond motifs is 1. The predicted molar refractivity (Wildman–Crippen MR) is 103 cm³/mol. The van der Waals surface area contributed by atoms with Crippen molar-refractivity contribution >= 4 is 5.57 Å². The zero-order valence-corrected chi connectivity index (χ0v) is 15.7. The van der Waals surface area contributed by atoms with Crippen molar-refractivity contribution in [1.82, 2.24) is 9.78 Å². The molecule has 1 aliphatic heterocycles. The summed E-state index contributed by atoms with van der Waals surface area (Å²) >= 11 is 0. The third kappa shape index (κ3) is 2.98. The summed E-state index contributed by atoms with van der Waals surface area (Å²) in [4.78, 5) is 0. The lowest BCUT2D eigenvalue weighted by Gasteiger charge is -2.25. The summed E-state index contributed by atoms with van der Waals surface area (Å²) in [6.45, 7) is 1.78. The molecule has 2 aromatic carbocycles. The summed E-state index contributed by atoms with van der Waals surface area (Å²) in [7, 11) is 1.44. The van der Waals surface area contributed by atoms with E-state index < -0.39 is 6.23 Å². The Kier molecular flexibility index (Phi) is 4.45. The first kappa shape index (κ1) is 18.5. The van der Waals surface area contributed by atoms with Crippen LogP contribution in [0.25, 0.3) is 11.3 Å². The Morgan fingerprint density at radius 3 is 2.66 bits per heavy atom. The number of phenols is 1. The van der Waals surface area contributed by atoms with E-state index in [1.807, 2.05) is 0 Å². The average Bonchev–Trinajstić information content (AvgIpc) is 3.04. The minimum absolute atomic E-state index is 0.0225. The van der Waals surface area contributed by atoms with E-state index in [2.05, 4.69) is 11.2 Å². The number of phenolic OH excluding ortho intramolecular Hbond substituents is 1. The number of rotatable bonds is 3. The summed E-state index contributed by atoms with van der Waals surface area (Å²) in [5, 5.41) is 24.2. The Morgan fingerprint density at radius 1 is 1.28 bits per heavy atom. The van der Waals surface area contributed by atoms with Crippen LogP contribution >= 0.6 is 0 Å². The molecule has 1 aliphatic rings. The molecule has 1 atom stereocenters. The van der Waals surface area contributed by atoms with Crippen LogP contribution in [0.4, 0.5) is 4.39 Å². The van der Waals surface area contributed by atoms with Crippen molar-refractivity contribution < 1.29 is 19.0 Å². The number of hydrogen-bond acceptors (Lipinski definition) is 6. The first-order chi connectivity index (χ1) is 13.9. The second-order valence-electron chi connectivity index (χ2n) is 6.48. The minimum Gasteiger partial charge on any atom is -0.504 e. The van der Waals surface area contributed by atoms with E-state index in [-0.39, 0.29) is 22.9 Å². The Labute approximate surface area is 166 Å². The van der Waals surface area contributed by atoms with Gasteiger partial charge in [-0.2, -0.15) is 10.4 Å². The SMILES string of the molecule is COc1cc(C2=C(C#N)C(N)Oc3c2c(C)nn3-c2ccc(F)cc2)ccc1O. The number of nitrogens with two attached hydrogens (primary N) is 1. The van der Waals surface area contributed by atoms with Gasteiger partial charge in [-0.15, -0.1) is 0 Å². The molecule has 1 aromatic heterocycles. The number of nitrogens with zero attached hydrogens (tertiary/aromatic N) is 3. The molecule has 3 aromatic rings.